The van der Waals surface area contributed by atoms with Crippen LogP contribution in [0.3, 0.4) is 0 Å². The molecule has 80 heavy (non-hydrogen) atoms. The number of alkyl halides is 1. The van der Waals surface area contributed by atoms with E-state index >= 15 is 0 Å². The number of carbonyl (C=O) groups is 4. The van der Waals surface area contributed by atoms with Gasteiger partial charge in [0.1, 0.15) is 34.3 Å². The molecule has 0 radical (unpaired) electrons. The number of aromatic nitrogens is 9. The Morgan fingerprint density at radius 2 is 1.20 bits per heavy atom. The van der Waals surface area contributed by atoms with Crippen molar-refractivity contribution in [2.24, 2.45) is 24.3 Å². The normalized spacial score (nSPS) is 18.4. The van der Waals surface area contributed by atoms with E-state index in [-0.39, 0.29) is 28.7 Å². The number of aryl methyl sites for hydroxylation is 1. The summed E-state index contributed by atoms with van der Waals surface area (Å²) in [5, 5.41) is 29.6. The molecule has 1 aliphatic heterocycles. The second-order valence-corrected chi connectivity index (χ2v) is 21.0. The maximum atomic E-state index is 13.7. The molecule has 7 heterocycles. The summed E-state index contributed by atoms with van der Waals surface area (Å²) in [7, 11) is 1.83. The number of aromatic amines is 2. The molecule has 5 fully saturated rings. The first-order valence-corrected chi connectivity index (χ1v) is 26.7. The van der Waals surface area contributed by atoms with Crippen LogP contribution >= 0.6 is 0 Å². The van der Waals surface area contributed by atoms with Crippen LogP contribution in [0.4, 0.5) is 25.8 Å². The van der Waals surface area contributed by atoms with Crippen LogP contribution in [0, 0.1) is 23.1 Å². The van der Waals surface area contributed by atoms with Crippen molar-refractivity contribution < 1.29 is 42.2 Å². The monoisotopic (exact) mass is 1080 g/mol. The van der Waals surface area contributed by atoms with Crippen LogP contribution in [0.25, 0.3) is 32.7 Å². The van der Waals surface area contributed by atoms with E-state index in [2.05, 4.69) is 56.4 Å². The fraction of sp³-hybridized carbons (Fsp3) is 0.322. The number of nitrogens with one attached hydrogen (secondary N) is 5. The van der Waals surface area contributed by atoms with Crippen LogP contribution in [-0.2, 0) is 11.8 Å². The Morgan fingerprint density at radius 3 is 1.79 bits per heavy atom. The molecule has 5 aliphatic rings. The number of pyridine rings is 3. The van der Waals surface area contributed by atoms with Crippen molar-refractivity contribution in [3.63, 3.8) is 0 Å². The number of H-pyrrole nitrogens is 2. The number of anilines is 3. The minimum absolute atomic E-state index is 0.0618. The molecule has 21 heteroatoms. The summed E-state index contributed by atoms with van der Waals surface area (Å²) in [6.45, 7) is 2.90. The first kappa shape index (κ1) is 53.0. The predicted molar refractivity (Wildman–Crippen MR) is 295 cm³/mol. The topological polar surface area (TPSA) is 246 Å². The van der Waals surface area contributed by atoms with Gasteiger partial charge in [0.05, 0.1) is 46.7 Å². The molecule has 5 N–H and O–H groups in total. The molecule has 0 atom stereocenters. The lowest BCUT2D eigenvalue weighted by molar-refractivity contribution is -0.210. The zero-order valence-corrected chi connectivity index (χ0v) is 43.8. The number of fused-ring (bicyclic) bond motifs is 3. The largest absolute Gasteiger partial charge is 0.476 e. The fourth-order valence-electron chi connectivity index (χ4n) is 10.9. The Balaban J connectivity index is 0.000000127. The summed E-state index contributed by atoms with van der Waals surface area (Å²) in [6, 6.07) is 29.2. The van der Waals surface area contributed by atoms with Crippen molar-refractivity contribution in [2.45, 2.75) is 69.9 Å². The van der Waals surface area contributed by atoms with E-state index in [1.807, 2.05) is 37.4 Å². The Bertz CT molecular complexity index is 3670. The van der Waals surface area contributed by atoms with Gasteiger partial charge in [0, 0.05) is 61.5 Å². The molecule has 410 valence electrons. The van der Waals surface area contributed by atoms with E-state index in [1.165, 1.54) is 37.8 Å². The van der Waals surface area contributed by atoms with Gasteiger partial charge in [-0.2, -0.15) is 5.10 Å². The lowest BCUT2D eigenvalue weighted by Crippen LogP contribution is -2.64. The van der Waals surface area contributed by atoms with Gasteiger partial charge in [-0.25, -0.2) is 13.8 Å². The molecule has 1 saturated heterocycles. The molecule has 19 nitrogen and oxygen atoms in total. The second kappa shape index (κ2) is 23.2. The first-order valence-electron chi connectivity index (χ1n) is 26.7. The van der Waals surface area contributed by atoms with Gasteiger partial charge in [0.2, 0.25) is 11.8 Å². The third kappa shape index (κ3) is 12.2. The van der Waals surface area contributed by atoms with Crippen LogP contribution in [0.5, 0.6) is 11.8 Å². The number of carbonyl (C=O) groups excluding carboxylic acids is 4. The van der Waals surface area contributed by atoms with E-state index in [4.69, 9.17) is 14.2 Å². The maximum absolute atomic E-state index is 13.7. The van der Waals surface area contributed by atoms with Gasteiger partial charge in [-0.05, 0) is 153 Å². The number of amides is 3. The third-order valence-electron chi connectivity index (χ3n) is 15.0. The number of ether oxygens (including phenoxy) is 3. The molecule has 4 aliphatic carbocycles. The summed E-state index contributed by atoms with van der Waals surface area (Å²) in [5.74, 6) is 0.835. The quantitative estimate of drug-likeness (QED) is 0.0601. The number of hydrogen-bond donors (Lipinski definition) is 5. The predicted octanol–water partition coefficient (Wildman–Crippen LogP) is 10.6. The van der Waals surface area contributed by atoms with Crippen LogP contribution in [0.15, 0.2) is 122 Å². The van der Waals surface area contributed by atoms with Gasteiger partial charge < -0.3 is 30.2 Å². The fourth-order valence-corrected chi connectivity index (χ4v) is 10.9. The van der Waals surface area contributed by atoms with Gasteiger partial charge in [-0.3, -0.25) is 44.0 Å². The highest BCUT2D eigenvalue weighted by atomic mass is 19.1. The van der Waals surface area contributed by atoms with Crippen LogP contribution < -0.4 is 25.4 Å². The number of Topliss-reactive ketones (excluding diaryl/α,β-unsaturated/α-hetero) is 1. The molecule has 4 saturated carbocycles. The standard InChI is InChI=1S/C20H21FN4O3.C20H17FN4O2.C19H20N4O2/c1-25-18-10-15(23-19(26)17-5-2-14(21)11-22-17)3-4-16(18)20(24-25)28-12-13-6-8-27-9-7-13;21-20-9-19(10-20,11-20)8-16(26)17-13-5-4-12(7-15(13)24-25-17)23-18(27)14-3-1-2-6-22-14;24-18(16-7-3-4-10-20-16)21-14-8-9-15-17(11-14)22-23-19(15)25-12-13-5-1-2-6-13/h2-5,10-11,13H,6-9,12H2,1H3,(H,23,26);1-7H,8-11H2,(H,23,27)(H,24,25);3-4,7-11,13H,1-2,5-6,12H2,(H,21,24)(H,22,23). The van der Waals surface area contributed by atoms with Gasteiger partial charge in [0.15, 0.2) is 5.78 Å². The van der Waals surface area contributed by atoms with Crippen molar-refractivity contribution in [3.8, 4) is 11.8 Å². The number of benzene rings is 3. The molecular weight excluding hydrogens is 1030 g/mol. The van der Waals surface area contributed by atoms with E-state index in [0.717, 1.165) is 60.7 Å². The van der Waals surface area contributed by atoms with Crippen molar-refractivity contribution in [2.75, 3.05) is 42.4 Å². The zero-order chi connectivity index (χ0) is 55.2. The average molecular weight is 1090 g/mol. The third-order valence-corrected chi connectivity index (χ3v) is 15.0. The van der Waals surface area contributed by atoms with E-state index < -0.39 is 17.4 Å². The summed E-state index contributed by atoms with van der Waals surface area (Å²) in [5.41, 5.74) is 4.29. The number of hydrogen-bond acceptors (Lipinski definition) is 13. The first-order chi connectivity index (χ1) is 38.8. The van der Waals surface area contributed by atoms with Crippen molar-refractivity contribution in [1.82, 2.24) is 45.1 Å². The number of halogens is 2. The Labute approximate surface area is 457 Å². The van der Waals surface area contributed by atoms with Crippen molar-refractivity contribution in [3.05, 3.63) is 150 Å². The second-order valence-electron chi connectivity index (χ2n) is 21.0. The molecular formula is C59H58F2N12O7. The lowest BCUT2D eigenvalue weighted by atomic mass is 9.41. The molecule has 3 aromatic carbocycles. The van der Waals surface area contributed by atoms with Gasteiger partial charge >= 0.3 is 0 Å². The van der Waals surface area contributed by atoms with E-state index in [1.54, 1.807) is 77.7 Å². The number of ketones is 1. The molecule has 2 bridgehead atoms. The van der Waals surface area contributed by atoms with Crippen molar-refractivity contribution >= 4 is 73.3 Å². The minimum Gasteiger partial charge on any atom is -0.476 e. The molecule has 0 unspecified atom stereocenters. The Kier molecular flexibility index (Phi) is 15.4. The molecule has 14 rings (SSSR count). The van der Waals surface area contributed by atoms with Crippen LogP contribution in [-0.4, -0.2) is 101 Å². The molecule has 9 aromatic rings. The van der Waals surface area contributed by atoms with Gasteiger partial charge in [-0.1, -0.05) is 25.0 Å². The summed E-state index contributed by atoms with van der Waals surface area (Å²) in [6.07, 6.45) is 13.1. The molecule has 3 amide bonds. The van der Waals surface area contributed by atoms with Crippen molar-refractivity contribution in [1.29, 1.82) is 0 Å². The highest BCUT2D eigenvalue weighted by molar-refractivity contribution is 6.09. The average Bonchev–Trinajstić information content (AvgIpc) is 4.37. The number of nitrogens with zero attached hydrogens (tertiary/aromatic N) is 7. The van der Waals surface area contributed by atoms with Gasteiger partial charge in [-0.15, -0.1) is 10.2 Å². The SMILES string of the molecule is Cn1nc(OCC2CCOCC2)c2ccc(NC(=O)c3ccc(F)cn3)cc21.O=C(Nc1ccc2c(C(=O)CC34CC(F)(C3)C4)n[nH]c2c1)c1ccccn1.O=C(Nc1ccc2c(OCC3CCCC3)n[nH]c2c1)c1ccccn1. The highest BCUT2D eigenvalue weighted by Gasteiger charge is 2.69. The smallest absolute Gasteiger partial charge is 0.274 e. The Morgan fingerprint density at radius 1 is 0.650 bits per heavy atom. The highest BCUT2D eigenvalue weighted by Crippen LogP contribution is 2.71. The lowest BCUT2D eigenvalue weighted by Gasteiger charge is -2.65. The Hall–Kier alpha value is -8.98. The van der Waals surface area contributed by atoms with Crippen LogP contribution in [0.2, 0.25) is 0 Å². The molecule has 0 spiro atoms. The summed E-state index contributed by atoms with van der Waals surface area (Å²) in [4.78, 5) is 61.1. The van der Waals surface area contributed by atoms with Gasteiger partial charge in [0.25, 0.3) is 17.7 Å². The van der Waals surface area contributed by atoms with E-state index in [0.29, 0.717) is 101 Å². The van der Waals surface area contributed by atoms with E-state index in [9.17, 15) is 28.0 Å². The minimum atomic E-state index is -1.01. The molecule has 6 aromatic heterocycles. The summed E-state index contributed by atoms with van der Waals surface area (Å²) >= 11 is 0. The summed E-state index contributed by atoms with van der Waals surface area (Å²) < 4.78 is 45.6. The van der Waals surface area contributed by atoms with Crippen LogP contribution in [0.1, 0.15) is 106 Å². The maximum Gasteiger partial charge on any atom is 0.274 e. The number of rotatable bonds is 15. The zero-order valence-electron chi connectivity index (χ0n) is 43.8.